The number of aromatic nitrogens is 5. The molecule has 41 heavy (non-hydrogen) atoms. The largest absolute Gasteiger partial charge is 0.349 e. The zero-order chi connectivity index (χ0) is 28.6. The number of nitriles is 2. The number of nitrogens with zero attached hydrogens (tertiary/aromatic N) is 7. The summed E-state index contributed by atoms with van der Waals surface area (Å²) in [6, 6.07) is 10.0. The van der Waals surface area contributed by atoms with Gasteiger partial charge in [-0.15, -0.1) is 0 Å². The first-order valence-corrected chi connectivity index (χ1v) is 14.7. The minimum Gasteiger partial charge on any atom is -0.349 e. The number of rotatable bonds is 6. The average Bonchev–Trinajstić information content (AvgIpc) is 3.59. The summed E-state index contributed by atoms with van der Waals surface area (Å²) in [6.07, 6.45) is 11.0. The molecule has 6 rings (SSSR count). The quantitative estimate of drug-likeness (QED) is 0.178. The van der Waals surface area contributed by atoms with Gasteiger partial charge in [0, 0.05) is 58.0 Å². The van der Waals surface area contributed by atoms with Crippen molar-refractivity contribution in [2.24, 2.45) is 0 Å². The third kappa shape index (κ3) is 5.42. The number of halogens is 2. The van der Waals surface area contributed by atoms with Crippen LogP contribution in [-0.4, -0.2) is 64.6 Å². The van der Waals surface area contributed by atoms with Gasteiger partial charge >= 0.3 is 0 Å². The predicted molar refractivity (Wildman–Crippen MR) is 157 cm³/mol. The van der Waals surface area contributed by atoms with Crippen LogP contribution < -0.4 is 5.32 Å². The Morgan fingerprint density at radius 1 is 1.22 bits per heavy atom. The SMILES string of the molecule is N#CCC1(n2cc(-c3ncnc4[nH]ccc34)cn2)CN(C2CC(I)CCC(NC(=O)c3cc(F)cc(C#N)c3)C2)C1. The molecule has 1 saturated carbocycles. The molecule has 0 radical (unpaired) electrons. The number of benzene rings is 1. The molecule has 208 valence electrons. The van der Waals surface area contributed by atoms with E-state index in [9.17, 15) is 14.4 Å². The van der Waals surface area contributed by atoms with Gasteiger partial charge < -0.3 is 10.3 Å². The lowest BCUT2D eigenvalue weighted by Crippen LogP contribution is -2.65. The Morgan fingerprint density at radius 3 is 2.88 bits per heavy atom. The van der Waals surface area contributed by atoms with E-state index in [0.29, 0.717) is 23.4 Å². The average molecular weight is 663 g/mol. The Labute approximate surface area is 249 Å². The second kappa shape index (κ2) is 11.2. The highest BCUT2D eigenvalue weighted by atomic mass is 127. The van der Waals surface area contributed by atoms with Crippen molar-refractivity contribution in [1.29, 1.82) is 10.5 Å². The number of likely N-dealkylation sites (tertiary alicyclic amines) is 1. The summed E-state index contributed by atoms with van der Waals surface area (Å²) in [6.45, 7) is 1.35. The fourth-order valence-electron chi connectivity index (χ4n) is 6.08. The van der Waals surface area contributed by atoms with Gasteiger partial charge in [-0.05, 0) is 49.9 Å². The molecule has 3 aromatic heterocycles. The van der Waals surface area contributed by atoms with Crippen LogP contribution in [0.2, 0.25) is 0 Å². The Hall–Kier alpha value is -3.88. The van der Waals surface area contributed by atoms with E-state index >= 15 is 0 Å². The lowest BCUT2D eigenvalue weighted by molar-refractivity contribution is -0.0312. The van der Waals surface area contributed by atoms with Crippen LogP contribution in [0.15, 0.2) is 49.2 Å². The lowest BCUT2D eigenvalue weighted by atomic mass is 9.84. The van der Waals surface area contributed by atoms with Crippen LogP contribution in [0.1, 0.15) is 48.0 Å². The minimum absolute atomic E-state index is 0.0788. The molecular weight excluding hydrogens is 636 g/mol. The van der Waals surface area contributed by atoms with Gasteiger partial charge in [-0.25, -0.2) is 14.4 Å². The van der Waals surface area contributed by atoms with Crippen molar-refractivity contribution in [3.63, 3.8) is 0 Å². The highest BCUT2D eigenvalue weighted by Gasteiger charge is 2.48. The molecule has 1 aliphatic heterocycles. The molecule has 2 N–H and O–H groups in total. The second-order valence-corrected chi connectivity index (χ2v) is 12.7. The van der Waals surface area contributed by atoms with Crippen LogP contribution in [0.5, 0.6) is 0 Å². The van der Waals surface area contributed by atoms with Gasteiger partial charge in [0.2, 0.25) is 0 Å². The summed E-state index contributed by atoms with van der Waals surface area (Å²) in [5.41, 5.74) is 2.25. The Kier molecular flexibility index (Phi) is 7.45. The zero-order valence-corrected chi connectivity index (χ0v) is 24.3. The topological polar surface area (TPSA) is 139 Å². The molecule has 1 saturated heterocycles. The maximum Gasteiger partial charge on any atom is 0.251 e. The lowest BCUT2D eigenvalue weighted by Gasteiger charge is -2.52. The van der Waals surface area contributed by atoms with Crippen molar-refractivity contribution < 1.29 is 9.18 Å². The maximum atomic E-state index is 13.9. The Bertz CT molecular complexity index is 1680. The summed E-state index contributed by atoms with van der Waals surface area (Å²) in [7, 11) is 0. The van der Waals surface area contributed by atoms with Crippen molar-refractivity contribution in [1.82, 2.24) is 34.9 Å². The third-order valence-corrected chi connectivity index (χ3v) is 9.28. The van der Waals surface area contributed by atoms with E-state index in [1.807, 2.05) is 29.2 Å². The Balaban J connectivity index is 1.17. The van der Waals surface area contributed by atoms with Crippen molar-refractivity contribution in [3.8, 4) is 23.4 Å². The van der Waals surface area contributed by atoms with Crippen molar-refractivity contribution >= 4 is 39.5 Å². The number of amides is 1. The molecule has 3 unspecified atom stereocenters. The van der Waals surface area contributed by atoms with E-state index in [4.69, 9.17) is 5.26 Å². The second-order valence-electron chi connectivity index (χ2n) is 10.9. The monoisotopic (exact) mass is 663 g/mol. The van der Waals surface area contributed by atoms with E-state index in [-0.39, 0.29) is 29.1 Å². The van der Waals surface area contributed by atoms with Crippen LogP contribution in [0.3, 0.4) is 0 Å². The van der Waals surface area contributed by atoms with E-state index < -0.39 is 11.4 Å². The number of H-pyrrole nitrogens is 1. The standard InChI is InChI=1S/C29H27FIN9O/c30-21-8-18(12-33)7-19(9-21)28(41)38-23-2-1-22(31)10-24(11-23)39-15-29(16-39,4-5-32)40-14-20(13-37-40)26-25-3-6-34-27(25)36-17-35-26/h3,6-9,13-14,17,22-24H,1-2,4,10-11,15-16H2,(H,38,41)(H,34,35,36). The van der Waals surface area contributed by atoms with E-state index in [1.165, 1.54) is 12.4 Å². The summed E-state index contributed by atoms with van der Waals surface area (Å²) < 4.78 is 16.3. The van der Waals surface area contributed by atoms with Gasteiger partial charge in [0.15, 0.2) is 0 Å². The van der Waals surface area contributed by atoms with E-state index in [0.717, 1.165) is 60.1 Å². The molecule has 0 bridgehead atoms. The first-order valence-electron chi connectivity index (χ1n) is 13.5. The molecule has 4 aromatic rings. The fourth-order valence-corrected chi connectivity index (χ4v) is 7.03. The summed E-state index contributed by atoms with van der Waals surface area (Å²) in [5, 5.41) is 27.6. The van der Waals surface area contributed by atoms with Crippen LogP contribution >= 0.6 is 22.6 Å². The highest BCUT2D eigenvalue weighted by molar-refractivity contribution is 14.1. The summed E-state index contributed by atoms with van der Waals surface area (Å²) in [4.78, 5) is 27.2. The van der Waals surface area contributed by atoms with Crippen molar-refractivity contribution in [2.75, 3.05) is 13.1 Å². The summed E-state index contributed by atoms with van der Waals surface area (Å²) in [5.74, 6) is -0.974. The number of aromatic amines is 1. The van der Waals surface area contributed by atoms with Gasteiger partial charge in [0.25, 0.3) is 5.91 Å². The highest BCUT2D eigenvalue weighted by Crippen LogP contribution is 2.39. The van der Waals surface area contributed by atoms with Crippen LogP contribution in [0.25, 0.3) is 22.3 Å². The number of carbonyl (C=O) groups excluding carboxylic acids is 1. The normalized spacial score (nSPS) is 22.3. The first kappa shape index (κ1) is 27.3. The van der Waals surface area contributed by atoms with Crippen LogP contribution in [-0.2, 0) is 5.54 Å². The minimum atomic E-state index is -0.603. The van der Waals surface area contributed by atoms with E-state index in [1.54, 1.807) is 6.20 Å². The van der Waals surface area contributed by atoms with Crippen molar-refractivity contribution in [2.45, 2.75) is 53.7 Å². The number of hydrogen-bond donors (Lipinski definition) is 2. The number of hydrogen-bond acceptors (Lipinski definition) is 7. The number of fused-ring (bicyclic) bond motifs is 1. The smallest absolute Gasteiger partial charge is 0.251 e. The van der Waals surface area contributed by atoms with Gasteiger partial charge in [-0.2, -0.15) is 15.6 Å². The molecule has 10 nitrogen and oxygen atoms in total. The molecule has 12 heteroatoms. The number of nitrogens with one attached hydrogen (secondary N) is 2. The zero-order valence-electron chi connectivity index (χ0n) is 22.1. The molecular formula is C29H27FIN9O. The molecule has 2 aliphatic rings. The van der Waals surface area contributed by atoms with Crippen LogP contribution in [0.4, 0.5) is 4.39 Å². The molecule has 4 heterocycles. The van der Waals surface area contributed by atoms with Gasteiger partial charge in [0.1, 0.15) is 23.3 Å². The fraction of sp³-hybridized carbons (Fsp3) is 0.379. The van der Waals surface area contributed by atoms with Crippen LogP contribution in [0, 0.1) is 28.5 Å². The molecule has 2 fully saturated rings. The Morgan fingerprint density at radius 2 is 2.07 bits per heavy atom. The summed E-state index contributed by atoms with van der Waals surface area (Å²) >= 11 is 2.48. The van der Waals surface area contributed by atoms with Crippen molar-refractivity contribution in [3.05, 3.63) is 66.1 Å². The van der Waals surface area contributed by atoms with Gasteiger partial charge in [0.05, 0.1) is 36.0 Å². The van der Waals surface area contributed by atoms with Gasteiger partial charge in [-0.1, -0.05) is 22.6 Å². The predicted octanol–water partition coefficient (Wildman–Crippen LogP) is 4.30. The molecule has 3 atom stereocenters. The molecule has 1 amide bonds. The molecule has 1 aromatic carbocycles. The number of alkyl halides is 1. The number of carbonyl (C=O) groups is 1. The van der Waals surface area contributed by atoms with E-state index in [2.05, 4.69) is 58.9 Å². The molecule has 0 spiro atoms. The van der Waals surface area contributed by atoms with Gasteiger partial charge in [-0.3, -0.25) is 14.4 Å². The molecule has 1 aliphatic carbocycles. The first-order chi connectivity index (χ1) is 19.9. The third-order valence-electron chi connectivity index (χ3n) is 8.15. The maximum absolute atomic E-state index is 13.9.